The molecule has 0 bridgehead atoms. The monoisotopic (exact) mass is 594 g/mol. The first kappa shape index (κ1) is 31.5. The highest BCUT2D eigenvalue weighted by atomic mass is 32.2. The van der Waals surface area contributed by atoms with Crippen molar-refractivity contribution in [1.82, 2.24) is 10.2 Å². The number of sulfone groups is 1. The summed E-state index contributed by atoms with van der Waals surface area (Å²) in [6, 6.07) is 11.7. The Balaban J connectivity index is 1.46. The van der Waals surface area contributed by atoms with Gasteiger partial charge in [-0.1, -0.05) is 39.0 Å². The number of nitrogens with zero attached hydrogens (tertiary/aromatic N) is 1. The van der Waals surface area contributed by atoms with E-state index in [0.29, 0.717) is 36.4 Å². The van der Waals surface area contributed by atoms with E-state index in [9.17, 15) is 31.5 Å². The molecule has 41 heavy (non-hydrogen) atoms. The van der Waals surface area contributed by atoms with Gasteiger partial charge in [-0.25, -0.2) is 8.42 Å². The predicted molar refractivity (Wildman–Crippen MR) is 152 cm³/mol. The van der Waals surface area contributed by atoms with E-state index in [-0.39, 0.29) is 54.4 Å². The number of hydrogen-bond acceptors (Lipinski definition) is 5. The normalized spacial score (nSPS) is 22.5. The number of rotatable bonds is 10. The van der Waals surface area contributed by atoms with Crippen molar-refractivity contribution in [2.24, 2.45) is 17.8 Å². The second kappa shape index (κ2) is 12.8. The molecule has 10 heteroatoms. The number of carbonyl (C=O) groups is 1. The molecule has 4 rings (SSSR count). The van der Waals surface area contributed by atoms with Crippen molar-refractivity contribution < 1.29 is 31.5 Å². The second-order valence-corrected chi connectivity index (χ2v) is 14.1. The van der Waals surface area contributed by atoms with Crippen LogP contribution < -0.4 is 5.32 Å². The zero-order chi connectivity index (χ0) is 29.9. The lowest BCUT2D eigenvalue weighted by atomic mass is 9.81. The number of alkyl halides is 3. The van der Waals surface area contributed by atoms with Crippen LogP contribution in [0, 0.1) is 17.8 Å². The van der Waals surface area contributed by atoms with Gasteiger partial charge in [-0.3, -0.25) is 9.69 Å². The fourth-order valence-electron chi connectivity index (χ4n) is 6.42. The van der Waals surface area contributed by atoms with Gasteiger partial charge in [0, 0.05) is 31.3 Å². The van der Waals surface area contributed by atoms with Crippen molar-refractivity contribution in [2.75, 3.05) is 18.9 Å². The summed E-state index contributed by atoms with van der Waals surface area (Å²) >= 11 is 0. The summed E-state index contributed by atoms with van der Waals surface area (Å²) in [5, 5.41) is 12.6. The van der Waals surface area contributed by atoms with Gasteiger partial charge in [0.05, 0.1) is 22.6 Å². The van der Waals surface area contributed by atoms with Crippen LogP contribution in [-0.2, 0) is 16.4 Å². The molecule has 1 aliphatic heterocycles. The van der Waals surface area contributed by atoms with Gasteiger partial charge in [-0.2, -0.15) is 13.2 Å². The average molecular weight is 595 g/mol. The number of amides is 1. The summed E-state index contributed by atoms with van der Waals surface area (Å²) in [7, 11) is -3.34. The number of benzene rings is 2. The lowest BCUT2D eigenvalue weighted by Gasteiger charge is -2.35. The molecule has 0 spiro atoms. The summed E-state index contributed by atoms with van der Waals surface area (Å²) in [6.45, 7) is 7.10. The van der Waals surface area contributed by atoms with Gasteiger partial charge in [0.1, 0.15) is 0 Å². The molecule has 0 radical (unpaired) electrons. The standard InChI is InChI=1S/C31H41F3N2O4S/c1-4-41(39,40)26-12-7-22(8-13-26)28(15-16-37)35-30(38)23-9-14-27-24(17-23)19-36(29(27)20(2)3)18-21-5-10-25(11-6-21)31(32,33)34/h7-9,12-14,17,20-21,25,28-29,37H,4-6,10-11,15-16,18-19H2,1-3H3,(H,35,38)/t21-,25-,28-,29+/m0/s1. The van der Waals surface area contributed by atoms with E-state index < -0.39 is 28.0 Å². The Bertz CT molecular complexity index is 1300. The van der Waals surface area contributed by atoms with Crippen LogP contribution in [0.5, 0.6) is 0 Å². The molecule has 2 aromatic rings. The number of carbonyl (C=O) groups excluding carboxylic acids is 1. The minimum Gasteiger partial charge on any atom is -0.396 e. The molecule has 1 heterocycles. The minimum atomic E-state index is -4.11. The van der Waals surface area contributed by atoms with Crippen LogP contribution in [0.2, 0.25) is 0 Å². The lowest BCUT2D eigenvalue weighted by molar-refractivity contribution is -0.184. The summed E-state index contributed by atoms with van der Waals surface area (Å²) in [4.78, 5) is 15.9. The van der Waals surface area contributed by atoms with Crippen molar-refractivity contribution in [3.05, 3.63) is 64.7 Å². The molecule has 6 nitrogen and oxygen atoms in total. The molecular formula is C31H41F3N2O4S. The number of aliphatic hydroxyl groups is 1. The van der Waals surface area contributed by atoms with Crippen molar-refractivity contribution in [2.45, 2.75) is 82.6 Å². The summed E-state index contributed by atoms with van der Waals surface area (Å²) in [6.07, 6.45) is -2.30. The van der Waals surface area contributed by atoms with Gasteiger partial charge in [0.2, 0.25) is 0 Å². The van der Waals surface area contributed by atoms with Gasteiger partial charge in [0.15, 0.2) is 9.84 Å². The highest BCUT2D eigenvalue weighted by Crippen LogP contribution is 2.43. The summed E-state index contributed by atoms with van der Waals surface area (Å²) in [5.41, 5.74) is 3.40. The van der Waals surface area contributed by atoms with E-state index in [1.165, 1.54) is 12.1 Å². The Morgan fingerprint density at radius 1 is 1.07 bits per heavy atom. The SMILES string of the molecule is CCS(=O)(=O)c1ccc([C@H](CCO)NC(=O)c2ccc3c(c2)CN(C[C@H]2CC[C@H](C(F)(F)F)CC2)[C@@H]3C(C)C)cc1. The van der Waals surface area contributed by atoms with Crippen LogP contribution in [-0.4, -0.2) is 49.4 Å². The molecule has 2 aromatic carbocycles. The van der Waals surface area contributed by atoms with Gasteiger partial charge in [-0.05, 0) is 84.9 Å². The minimum absolute atomic E-state index is 0.00421. The van der Waals surface area contributed by atoms with Crippen molar-refractivity contribution in [1.29, 1.82) is 0 Å². The third-order valence-electron chi connectivity index (χ3n) is 8.67. The van der Waals surface area contributed by atoms with Crippen LogP contribution in [0.25, 0.3) is 0 Å². The Kier molecular flexibility index (Phi) is 9.86. The molecule has 2 N–H and O–H groups in total. The predicted octanol–water partition coefficient (Wildman–Crippen LogP) is 6.22. The smallest absolute Gasteiger partial charge is 0.391 e. The molecule has 1 amide bonds. The number of nitrogens with one attached hydrogen (secondary N) is 1. The maximum absolute atomic E-state index is 13.3. The Labute approximate surface area is 241 Å². The van der Waals surface area contributed by atoms with E-state index in [0.717, 1.165) is 17.7 Å². The molecule has 0 unspecified atom stereocenters. The molecule has 2 aliphatic rings. The zero-order valence-corrected chi connectivity index (χ0v) is 24.8. The number of aliphatic hydroxyl groups excluding tert-OH is 1. The van der Waals surface area contributed by atoms with Crippen LogP contribution >= 0.6 is 0 Å². The number of fused-ring (bicyclic) bond motifs is 1. The molecule has 0 saturated heterocycles. The van der Waals surface area contributed by atoms with Gasteiger partial charge in [0.25, 0.3) is 5.91 Å². The molecule has 1 aliphatic carbocycles. The third kappa shape index (κ3) is 7.32. The van der Waals surface area contributed by atoms with Crippen LogP contribution in [0.15, 0.2) is 47.4 Å². The van der Waals surface area contributed by atoms with Gasteiger partial charge < -0.3 is 10.4 Å². The average Bonchev–Trinajstić information content (AvgIpc) is 3.30. The first-order valence-electron chi connectivity index (χ1n) is 14.5. The van der Waals surface area contributed by atoms with Gasteiger partial charge >= 0.3 is 6.18 Å². The third-order valence-corrected chi connectivity index (χ3v) is 10.4. The summed E-state index contributed by atoms with van der Waals surface area (Å²) < 4.78 is 63.7. The van der Waals surface area contributed by atoms with E-state index >= 15 is 0 Å². The zero-order valence-electron chi connectivity index (χ0n) is 24.0. The maximum atomic E-state index is 13.3. The number of halogens is 3. The topological polar surface area (TPSA) is 86.7 Å². The lowest BCUT2D eigenvalue weighted by Crippen LogP contribution is -2.34. The van der Waals surface area contributed by atoms with Crippen LogP contribution in [0.1, 0.15) is 92.0 Å². The number of hydrogen-bond donors (Lipinski definition) is 2. The summed E-state index contributed by atoms with van der Waals surface area (Å²) in [5.74, 6) is -0.953. The Hall–Kier alpha value is -2.43. The first-order valence-corrected chi connectivity index (χ1v) is 16.2. The highest BCUT2D eigenvalue weighted by Gasteiger charge is 2.42. The highest BCUT2D eigenvalue weighted by molar-refractivity contribution is 7.91. The van der Waals surface area contributed by atoms with E-state index in [1.807, 2.05) is 12.1 Å². The van der Waals surface area contributed by atoms with Crippen LogP contribution in [0.4, 0.5) is 13.2 Å². The largest absolute Gasteiger partial charge is 0.396 e. The molecule has 1 saturated carbocycles. The maximum Gasteiger partial charge on any atom is 0.391 e. The first-order chi connectivity index (χ1) is 19.3. The Morgan fingerprint density at radius 2 is 1.73 bits per heavy atom. The Morgan fingerprint density at radius 3 is 2.29 bits per heavy atom. The fourth-order valence-corrected chi connectivity index (χ4v) is 7.30. The second-order valence-electron chi connectivity index (χ2n) is 11.8. The fraction of sp³-hybridized carbons (Fsp3) is 0.581. The molecule has 2 atom stereocenters. The van der Waals surface area contributed by atoms with E-state index in [4.69, 9.17) is 0 Å². The molecular weight excluding hydrogens is 553 g/mol. The molecule has 226 valence electrons. The van der Waals surface area contributed by atoms with Crippen molar-refractivity contribution >= 4 is 15.7 Å². The van der Waals surface area contributed by atoms with E-state index in [2.05, 4.69) is 24.1 Å². The van der Waals surface area contributed by atoms with Crippen molar-refractivity contribution in [3.63, 3.8) is 0 Å². The van der Waals surface area contributed by atoms with Crippen molar-refractivity contribution in [3.8, 4) is 0 Å². The van der Waals surface area contributed by atoms with Crippen LogP contribution in [0.3, 0.4) is 0 Å². The van der Waals surface area contributed by atoms with E-state index in [1.54, 1.807) is 25.1 Å². The molecule has 1 fully saturated rings. The quantitative estimate of drug-likeness (QED) is 0.341. The molecule has 0 aromatic heterocycles. The van der Waals surface area contributed by atoms with Gasteiger partial charge in [-0.15, -0.1) is 0 Å².